The summed E-state index contributed by atoms with van der Waals surface area (Å²) in [5.41, 5.74) is 21.0. The number of anilines is 4. The Morgan fingerprint density at radius 3 is 1.86 bits per heavy atom. The van der Waals surface area contributed by atoms with Gasteiger partial charge in [-0.1, -0.05) is 4.98 Å². The number of aromatic amines is 2. The molecule has 40 nitrogen and oxygen atoms in total. The lowest BCUT2D eigenvalue weighted by Gasteiger charge is -2.35. The molecule has 0 spiro atoms. The van der Waals surface area contributed by atoms with Crippen molar-refractivity contribution < 1.29 is 108 Å². The van der Waals surface area contributed by atoms with Gasteiger partial charge >= 0.3 is 5.65 Å². The lowest BCUT2D eigenvalue weighted by atomic mass is 10.1. The molecule has 9 rings (SSSR count). The number of nitrogens with zero attached hydrogens (tertiary/aromatic N) is 10. The number of phosphoric ester groups is 3. The predicted molar refractivity (Wildman–Crippen MR) is 239 cm³/mol. The van der Waals surface area contributed by atoms with Crippen molar-refractivity contribution in [2.24, 2.45) is 7.05 Å². The average molecular weight is 1170 g/mol. The molecule has 0 aliphatic carbocycles. The zero-order valence-corrected chi connectivity index (χ0v) is 42.8. The van der Waals surface area contributed by atoms with Crippen LogP contribution in [0.15, 0.2) is 28.6 Å². The van der Waals surface area contributed by atoms with Crippen molar-refractivity contribution >= 4 is 88.4 Å². The maximum atomic E-state index is 13.6. The molecular weight excluding hydrogens is 1130 g/mol. The number of hydrogen-bond acceptors (Lipinski definition) is 34. The molecule has 0 aromatic carbocycles. The lowest BCUT2D eigenvalue weighted by molar-refractivity contribution is -0.745. The van der Waals surface area contributed by atoms with E-state index in [1.165, 1.54) is 22.5 Å². The largest absolute Gasteiger partial charge is 0.756 e. The summed E-state index contributed by atoms with van der Waals surface area (Å²) in [6, 6.07) is 0. The second-order valence-electron chi connectivity index (χ2n) is 16.8. The second kappa shape index (κ2) is 21.0. The Kier molecular flexibility index (Phi) is 15.4. The van der Waals surface area contributed by atoms with Crippen molar-refractivity contribution in [3.05, 3.63) is 39.7 Å². The van der Waals surface area contributed by atoms with E-state index in [1.807, 2.05) is 0 Å². The number of nitrogens with one attached hydrogen (secondary N) is 2. The van der Waals surface area contributed by atoms with Crippen LogP contribution in [0, 0.1) is 0 Å². The van der Waals surface area contributed by atoms with Crippen LogP contribution in [-0.2, 0) is 75.7 Å². The van der Waals surface area contributed by atoms with Crippen molar-refractivity contribution in [1.82, 2.24) is 53.6 Å². The number of H-pyrrole nitrogens is 2. The summed E-state index contributed by atoms with van der Waals surface area (Å²) in [7, 11) is -21.2. The molecule has 0 amide bonds. The van der Waals surface area contributed by atoms with Gasteiger partial charge in [0.25, 0.3) is 48.4 Å². The van der Waals surface area contributed by atoms with Gasteiger partial charge in [-0.05, 0) is 0 Å². The minimum Gasteiger partial charge on any atom is -0.756 e. The molecule has 3 fully saturated rings. The van der Waals surface area contributed by atoms with Gasteiger partial charge < -0.3 is 99.6 Å². The molecule has 0 radical (unpaired) electrons. The fourth-order valence-corrected chi connectivity index (χ4v) is 13.0. The molecule has 9 heterocycles. The van der Waals surface area contributed by atoms with Crippen LogP contribution in [0.1, 0.15) is 18.7 Å². The molecule has 3 aliphatic heterocycles. The van der Waals surface area contributed by atoms with Gasteiger partial charge in [0, 0.05) is 14.2 Å². The van der Waals surface area contributed by atoms with Gasteiger partial charge in [0.1, 0.15) is 60.5 Å². The third kappa shape index (κ3) is 11.3. The molecule has 6 aromatic heterocycles. The first-order valence-electron chi connectivity index (χ1n) is 21.7. The van der Waals surface area contributed by atoms with E-state index in [0.29, 0.717) is 0 Å². The van der Waals surface area contributed by atoms with Gasteiger partial charge in [-0.15, -0.1) is 0 Å². The molecule has 77 heavy (non-hydrogen) atoms. The Balaban J connectivity index is 0.874. The summed E-state index contributed by atoms with van der Waals surface area (Å²) in [6.45, 7) is -3.62. The molecule has 6 aromatic rings. The highest BCUT2D eigenvalue weighted by molar-refractivity contribution is 7.65. The maximum Gasteiger partial charge on any atom is 0.313 e. The molecule has 0 bridgehead atoms. The number of nitrogen functional groups attached to an aromatic ring is 4. The molecular formula is C33H43N16O24P4-3. The van der Waals surface area contributed by atoms with Crippen LogP contribution >= 0.6 is 31.3 Å². The number of ether oxygens (including phenoxy) is 5. The normalized spacial score (nSPS) is 30.0. The van der Waals surface area contributed by atoms with Crippen LogP contribution in [0.25, 0.3) is 33.5 Å². The second-order valence-corrected chi connectivity index (χ2v) is 22.7. The van der Waals surface area contributed by atoms with Crippen molar-refractivity contribution in [3.63, 3.8) is 0 Å². The molecule has 16 atom stereocenters. The van der Waals surface area contributed by atoms with E-state index in [4.69, 9.17) is 60.2 Å². The first kappa shape index (κ1) is 56.4. The number of aliphatic hydroxyl groups is 3. The van der Waals surface area contributed by atoms with E-state index < -0.39 is 136 Å². The van der Waals surface area contributed by atoms with Crippen LogP contribution in [0.4, 0.5) is 23.7 Å². The molecule has 422 valence electrons. The van der Waals surface area contributed by atoms with E-state index >= 15 is 0 Å². The van der Waals surface area contributed by atoms with E-state index in [0.717, 1.165) is 36.0 Å². The number of nitrogens with two attached hydrogens (primary N) is 4. The van der Waals surface area contributed by atoms with Gasteiger partial charge in [-0.3, -0.25) is 51.5 Å². The number of aromatic nitrogens is 12. The number of aliphatic hydroxyl groups excluding tert-OH is 3. The first-order valence-corrected chi connectivity index (χ1v) is 27.5. The van der Waals surface area contributed by atoms with Gasteiger partial charge in [0.15, 0.2) is 41.4 Å². The number of hydrogen-bond donors (Lipinski definition) is 9. The summed E-state index contributed by atoms with van der Waals surface area (Å²) in [5, 5.41) is 32.8. The Morgan fingerprint density at radius 2 is 1.21 bits per heavy atom. The number of rotatable bonds is 20. The molecule has 0 saturated carbocycles. The number of fused-ring (bicyclic) bond motifs is 3. The number of aryl methyl sites for hydroxylation is 1. The van der Waals surface area contributed by atoms with Crippen molar-refractivity contribution in [2.75, 3.05) is 57.0 Å². The van der Waals surface area contributed by atoms with E-state index in [-0.39, 0.29) is 57.2 Å². The average Bonchev–Trinajstić information content (AvgIpc) is 4.22. The monoisotopic (exact) mass is 1170 g/mol. The van der Waals surface area contributed by atoms with Crippen molar-refractivity contribution in [1.29, 1.82) is 0 Å². The lowest BCUT2D eigenvalue weighted by Crippen LogP contribution is -2.46. The molecule has 3 aliphatic rings. The highest BCUT2D eigenvalue weighted by Crippen LogP contribution is 2.63. The Labute approximate surface area is 426 Å². The predicted octanol–water partition coefficient (Wildman–Crippen LogP) is -7.00. The maximum absolute atomic E-state index is 13.6. The molecule has 44 heteroatoms. The van der Waals surface area contributed by atoms with Crippen LogP contribution < -0.4 is 58.2 Å². The van der Waals surface area contributed by atoms with E-state index in [9.17, 15) is 62.7 Å². The minimum absolute atomic E-state index is 0.00660. The molecule has 3 saturated heterocycles. The van der Waals surface area contributed by atoms with Crippen LogP contribution in [0.3, 0.4) is 0 Å². The highest BCUT2D eigenvalue weighted by atomic mass is 31.3. The highest BCUT2D eigenvalue weighted by Gasteiger charge is 2.52. The third-order valence-corrected chi connectivity index (χ3v) is 16.9. The molecule has 13 N–H and O–H groups in total. The van der Waals surface area contributed by atoms with Crippen LogP contribution in [-0.4, -0.2) is 158 Å². The number of imidazole rings is 3. The fraction of sp³-hybridized carbons (Fsp3) is 0.545. The summed E-state index contributed by atoms with van der Waals surface area (Å²) >= 11 is 0. The zero-order chi connectivity index (χ0) is 55.8. The van der Waals surface area contributed by atoms with Crippen LogP contribution in [0.5, 0.6) is 0 Å². The third-order valence-electron chi connectivity index (χ3n) is 11.8. The summed E-state index contributed by atoms with van der Waals surface area (Å²) in [6.07, 6.45) is -16.7. The van der Waals surface area contributed by atoms with Gasteiger partial charge in [0.05, 0.1) is 39.5 Å². The quantitative estimate of drug-likeness (QED) is 0.0253. The minimum atomic E-state index is -6.58. The summed E-state index contributed by atoms with van der Waals surface area (Å²) in [5.74, 6) is -1.22. The SMILES string of the molecule is CO[C@@H]1C(O)[C@H]([n+]2cn(C)c3c(=O)[nH]c(N)nc32)O[C@@H]1COP(=O)([O-])OP(=O)([O-])OP(=O)([O-])OC[C@H]1O[C@@H](n2cnc3c(N)nc(N)nc32)[C@@H](OC)C1OP(=O)([O-])OC[C@H]1O[C@@H](n2cnc3c(=O)[nH]c(N)nc32)[C@@H](O)C1O. The zero-order valence-electron chi connectivity index (χ0n) is 39.3. The number of methoxy groups -OCH3 is 2. The Morgan fingerprint density at radius 1 is 0.662 bits per heavy atom. The van der Waals surface area contributed by atoms with Crippen molar-refractivity contribution in [3.8, 4) is 0 Å². The fourth-order valence-electron chi connectivity index (χ4n) is 8.62. The van der Waals surface area contributed by atoms with Crippen molar-refractivity contribution in [2.45, 2.75) is 73.6 Å². The smallest absolute Gasteiger partial charge is 0.313 e. The van der Waals surface area contributed by atoms with E-state index in [1.54, 1.807) is 0 Å². The van der Waals surface area contributed by atoms with Gasteiger partial charge in [0.2, 0.25) is 23.6 Å². The molecule has 7 unspecified atom stereocenters. The van der Waals surface area contributed by atoms with Crippen LogP contribution in [0.2, 0.25) is 0 Å². The number of phosphoric acid groups is 4. The van der Waals surface area contributed by atoms with Gasteiger partial charge in [-0.2, -0.15) is 15.0 Å². The standard InChI is InChI=1S/C33H46N16O24P4/c1-46-9-49(25-15(46)27(54)45-33(37)43-25)29-18(52)19(63-2)11(69-29)5-66-75(57,58)72-77(61,62)73-76(59,60)67-6-12-20(21(64-3)30(70-12)48-7-38-13-22(34)40-31(35)41-23(13)48)71-74(55,56)65-4-10-16(50)17(51)28(68-10)47-8-39-14-24(47)42-32(36)44-26(14)53/h7-12,16-21,28-30,50-52H,4-6H2,1-3H3,(H13-,34,35,36,37,40,41,42,43,44,45,53,54,55,56,57,58,59,60,61,62)/p-3/t10-,11-,12-,16?,17+,18?,19+,20?,21+,28-,29-,30-/m1/s1. The summed E-state index contributed by atoms with van der Waals surface area (Å²) in [4.78, 5) is 106. The Hall–Kier alpha value is -5.35. The van der Waals surface area contributed by atoms with Gasteiger partial charge in [-0.25, -0.2) is 23.2 Å². The first-order chi connectivity index (χ1) is 36.1. The topological polar surface area (TPSA) is 589 Å². The van der Waals surface area contributed by atoms with E-state index in [2.05, 4.69) is 53.0 Å². The summed E-state index contributed by atoms with van der Waals surface area (Å²) < 4.78 is 113. The Bertz CT molecular complexity index is 3540.